The Bertz CT molecular complexity index is 395. The van der Waals surface area contributed by atoms with Crippen LogP contribution in [0.1, 0.15) is 20.8 Å². The van der Waals surface area contributed by atoms with Crippen molar-refractivity contribution < 1.29 is 28.8 Å². The predicted octanol–water partition coefficient (Wildman–Crippen LogP) is 0.543. The summed E-state index contributed by atoms with van der Waals surface area (Å²) in [4.78, 5) is 0. The van der Waals surface area contributed by atoms with E-state index in [-0.39, 0.29) is 12.7 Å². The summed E-state index contributed by atoms with van der Waals surface area (Å²) in [5.74, 6) is -1.95. The lowest BCUT2D eigenvalue weighted by Gasteiger charge is -2.41. The molecular weight excluding hydrogens is 252 g/mol. The van der Waals surface area contributed by atoms with Crippen molar-refractivity contribution in [1.29, 1.82) is 0 Å². The molecule has 0 radical (unpaired) electrons. The van der Waals surface area contributed by atoms with Crippen LogP contribution in [0.15, 0.2) is 12.2 Å². The minimum Gasteiger partial charge on any atom is -0.385 e. The van der Waals surface area contributed by atoms with Crippen LogP contribution < -0.4 is 0 Å². The van der Waals surface area contributed by atoms with Crippen LogP contribution >= 0.6 is 0 Å². The normalized spacial score (nSPS) is 48.4. The molecule has 6 heteroatoms. The first-order valence-corrected chi connectivity index (χ1v) is 6.45. The number of ether oxygens (including phenoxy) is 5. The van der Waals surface area contributed by atoms with Crippen LogP contribution in [0.4, 0.5) is 0 Å². The summed E-state index contributed by atoms with van der Waals surface area (Å²) in [6.45, 7) is 9.66. The fourth-order valence-electron chi connectivity index (χ4n) is 2.67. The third-order valence-electron chi connectivity index (χ3n) is 3.64. The maximum Gasteiger partial charge on any atom is 0.224 e. The summed E-state index contributed by atoms with van der Waals surface area (Å²) in [6, 6.07) is 0. The lowest BCUT2D eigenvalue weighted by atomic mass is 9.97. The van der Waals surface area contributed by atoms with Crippen molar-refractivity contribution in [2.24, 2.45) is 0 Å². The fraction of sp³-hybridized carbons (Fsp3) is 0.846. The Labute approximate surface area is 112 Å². The highest BCUT2D eigenvalue weighted by Crippen LogP contribution is 2.42. The van der Waals surface area contributed by atoms with Crippen molar-refractivity contribution in [3.63, 3.8) is 0 Å². The third kappa shape index (κ3) is 2.12. The Hall–Kier alpha value is -0.500. The van der Waals surface area contributed by atoms with Gasteiger partial charge in [-0.25, -0.2) is 0 Å². The van der Waals surface area contributed by atoms with Gasteiger partial charge in [-0.1, -0.05) is 6.58 Å². The van der Waals surface area contributed by atoms with E-state index in [4.69, 9.17) is 23.7 Å². The summed E-state index contributed by atoms with van der Waals surface area (Å²) in [7, 11) is 0. The highest BCUT2D eigenvalue weighted by Gasteiger charge is 2.61. The van der Waals surface area contributed by atoms with Gasteiger partial charge in [0.1, 0.15) is 24.9 Å². The maximum atomic E-state index is 10.5. The number of aliphatic hydroxyl groups is 1. The van der Waals surface area contributed by atoms with Crippen molar-refractivity contribution in [3.05, 3.63) is 12.2 Å². The summed E-state index contributed by atoms with van der Waals surface area (Å²) < 4.78 is 28.3. The molecule has 3 rings (SSSR count). The van der Waals surface area contributed by atoms with Gasteiger partial charge in [0.05, 0.1) is 6.61 Å². The third-order valence-corrected chi connectivity index (χ3v) is 3.64. The van der Waals surface area contributed by atoms with Crippen molar-refractivity contribution in [2.75, 3.05) is 13.2 Å². The molecule has 3 fully saturated rings. The van der Waals surface area contributed by atoms with E-state index in [0.29, 0.717) is 6.61 Å². The van der Waals surface area contributed by atoms with Gasteiger partial charge >= 0.3 is 0 Å². The second-order valence-electron chi connectivity index (χ2n) is 5.81. The molecule has 0 aliphatic carbocycles. The number of hydrogen-bond acceptors (Lipinski definition) is 6. The summed E-state index contributed by atoms with van der Waals surface area (Å²) in [5.41, 5.74) is 0.763. The fourth-order valence-corrected chi connectivity index (χ4v) is 2.67. The molecule has 3 heterocycles. The molecule has 108 valence electrons. The highest BCUT2D eigenvalue weighted by molar-refractivity contribution is 5.04. The van der Waals surface area contributed by atoms with Gasteiger partial charge in [0, 0.05) is 0 Å². The Balaban J connectivity index is 1.78. The smallest absolute Gasteiger partial charge is 0.224 e. The number of aliphatic hydroxyl groups excluding tert-OH is 1. The van der Waals surface area contributed by atoms with Gasteiger partial charge in [-0.3, -0.25) is 0 Å². The number of fused-ring (bicyclic) bond motifs is 1. The largest absolute Gasteiger partial charge is 0.385 e. The van der Waals surface area contributed by atoms with Gasteiger partial charge in [-0.2, -0.15) is 0 Å². The maximum absolute atomic E-state index is 10.5. The minimum atomic E-state index is -1.17. The Morgan fingerprint density at radius 2 is 2.00 bits per heavy atom. The van der Waals surface area contributed by atoms with E-state index in [2.05, 4.69) is 6.58 Å². The Kier molecular flexibility index (Phi) is 3.01. The molecule has 3 aliphatic rings. The van der Waals surface area contributed by atoms with Crippen molar-refractivity contribution in [3.8, 4) is 0 Å². The Morgan fingerprint density at radius 1 is 1.26 bits per heavy atom. The monoisotopic (exact) mass is 272 g/mol. The van der Waals surface area contributed by atoms with Gasteiger partial charge in [-0.15, -0.1) is 0 Å². The Morgan fingerprint density at radius 3 is 2.58 bits per heavy atom. The molecule has 3 saturated heterocycles. The van der Waals surface area contributed by atoms with Gasteiger partial charge in [0.15, 0.2) is 12.1 Å². The molecule has 0 saturated carbocycles. The topological polar surface area (TPSA) is 66.4 Å². The quantitative estimate of drug-likeness (QED) is 0.703. The second-order valence-corrected chi connectivity index (χ2v) is 5.81. The first-order chi connectivity index (χ1) is 8.83. The molecular formula is C13H20O6. The number of hydrogen-bond donors (Lipinski definition) is 1. The van der Waals surface area contributed by atoms with Crippen LogP contribution in [-0.2, 0) is 23.7 Å². The second kappa shape index (κ2) is 4.25. The van der Waals surface area contributed by atoms with Gasteiger partial charge in [-0.05, 0) is 26.3 Å². The van der Waals surface area contributed by atoms with Crippen LogP contribution in [0, 0.1) is 0 Å². The summed E-state index contributed by atoms with van der Waals surface area (Å²) in [5, 5.41) is 10.5. The molecule has 6 nitrogen and oxygen atoms in total. The van der Waals surface area contributed by atoms with E-state index in [1.54, 1.807) is 13.8 Å². The van der Waals surface area contributed by atoms with E-state index in [0.717, 1.165) is 5.57 Å². The summed E-state index contributed by atoms with van der Waals surface area (Å²) in [6.07, 6.45) is -2.27. The lowest BCUT2D eigenvalue weighted by Crippen LogP contribution is -2.61. The highest BCUT2D eigenvalue weighted by atomic mass is 16.9. The molecule has 19 heavy (non-hydrogen) atoms. The standard InChI is InChI=1S/C13H20O6/c1-7(2)11-17-8-5-15-13(10(14)9(8)18-11)6-16-12(3,4)19-13/h8-11,14H,1,5-6H2,2-4H3/t8-,9-,10+,11?,13+/m1/s1. The number of rotatable bonds is 1. The van der Waals surface area contributed by atoms with Gasteiger partial charge in [0.2, 0.25) is 5.79 Å². The lowest BCUT2D eigenvalue weighted by molar-refractivity contribution is -0.326. The van der Waals surface area contributed by atoms with Crippen LogP contribution in [0.2, 0.25) is 0 Å². The zero-order valence-corrected chi connectivity index (χ0v) is 11.4. The van der Waals surface area contributed by atoms with E-state index < -0.39 is 30.1 Å². The SMILES string of the molecule is C=C(C)C1O[C@@H]2[C@@H](CO[C@]3(COC(C)(C)O3)[C@H]2O)O1. The molecule has 0 aromatic heterocycles. The molecule has 1 unspecified atom stereocenters. The molecule has 5 atom stereocenters. The van der Waals surface area contributed by atoms with Crippen molar-refractivity contribution in [2.45, 2.75) is 56.9 Å². The zero-order chi connectivity index (χ0) is 13.8. The van der Waals surface area contributed by atoms with Gasteiger partial charge < -0.3 is 28.8 Å². The minimum absolute atomic E-state index is 0.172. The molecule has 0 bridgehead atoms. The molecule has 0 aromatic rings. The summed E-state index contributed by atoms with van der Waals surface area (Å²) >= 11 is 0. The van der Waals surface area contributed by atoms with Gasteiger partial charge in [0.25, 0.3) is 0 Å². The van der Waals surface area contributed by atoms with E-state index in [1.807, 2.05) is 6.92 Å². The van der Waals surface area contributed by atoms with Crippen molar-refractivity contribution >= 4 is 0 Å². The van der Waals surface area contributed by atoms with Crippen LogP contribution in [0.25, 0.3) is 0 Å². The molecule has 0 aromatic carbocycles. The first kappa shape index (κ1) is 13.5. The first-order valence-electron chi connectivity index (χ1n) is 6.45. The van der Waals surface area contributed by atoms with E-state index in [9.17, 15) is 5.11 Å². The van der Waals surface area contributed by atoms with Crippen molar-refractivity contribution in [1.82, 2.24) is 0 Å². The molecule has 1 N–H and O–H groups in total. The average molecular weight is 272 g/mol. The van der Waals surface area contributed by atoms with Crippen LogP contribution in [-0.4, -0.2) is 54.5 Å². The van der Waals surface area contributed by atoms with Crippen LogP contribution in [0.3, 0.4) is 0 Å². The zero-order valence-electron chi connectivity index (χ0n) is 11.4. The molecule has 0 amide bonds. The predicted molar refractivity (Wildman–Crippen MR) is 64.2 cm³/mol. The van der Waals surface area contributed by atoms with Crippen LogP contribution in [0.5, 0.6) is 0 Å². The molecule has 3 aliphatic heterocycles. The van der Waals surface area contributed by atoms with E-state index in [1.165, 1.54) is 0 Å². The average Bonchev–Trinajstić information content (AvgIpc) is 2.87. The molecule has 1 spiro atoms. The van der Waals surface area contributed by atoms with E-state index >= 15 is 0 Å².